The van der Waals surface area contributed by atoms with Crippen LogP contribution in [0.25, 0.3) is 43.1 Å². The number of benzene rings is 13. The maximum Gasteiger partial charge on any atom is 0.197 e. The summed E-state index contributed by atoms with van der Waals surface area (Å²) in [7, 11) is 0. The van der Waals surface area contributed by atoms with E-state index in [1.807, 2.05) is 43.3 Å². The van der Waals surface area contributed by atoms with Gasteiger partial charge in [0.05, 0.1) is 12.9 Å². The Morgan fingerprint density at radius 3 is 1.03 bits per heavy atom. The van der Waals surface area contributed by atoms with Crippen molar-refractivity contribution in [3.8, 4) is 40.2 Å². The summed E-state index contributed by atoms with van der Waals surface area (Å²) in [5.74, 6) is 6.94. The van der Waals surface area contributed by atoms with Crippen LogP contribution in [0.4, 0.5) is 0 Å². The summed E-state index contributed by atoms with van der Waals surface area (Å²) in [4.78, 5) is 0. The quantitative estimate of drug-likeness (QED) is 0.0128. The number of hydrogen-bond acceptors (Lipinski definition) is 9. The summed E-state index contributed by atoms with van der Waals surface area (Å²) in [5, 5.41) is 51.8. The molecule has 117 heavy (non-hydrogen) atoms. The zero-order valence-electron chi connectivity index (χ0n) is 70.0. The predicted octanol–water partition coefficient (Wildman–Crippen LogP) is 28.7. The molecule has 0 saturated carbocycles. The molecule has 0 bridgehead atoms. The van der Waals surface area contributed by atoms with Gasteiger partial charge in [-0.05, 0) is 308 Å². The molecule has 0 aliphatic heterocycles. The molecule has 0 saturated heterocycles. The van der Waals surface area contributed by atoms with Crippen LogP contribution in [0, 0.1) is 0 Å². The summed E-state index contributed by atoms with van der Waals surface area (Å²) in [6, 6.07) is 92.5. The van der Waals surface area contributed by atoms with E-state index in [-0.39, 0.29) is 6.29 Å². The van der Waals surface area contributed by atoms with Crippen LogP contribution in [-0.2, 0) is 22.3 Å². The van der Waals surface area contributed by atoms with Crippen LogP contribution in [-0.4, -0.2) is 53.1 Å². The van der Waals surface area contributed by atoms with Crippen molar-refractivity contribution in [1.29, 1.82) is 0 Å². The van der Waals surface area contributed by atoms with Crippen molar-refractivity contribution in [2.75, 3.05) is 26.4 Å². The van der Waals surface area contributed by atoms with E-state index in [2.05, 4.69) is 267 Å². The zero-order chi connectivity index (χ0) is 81.8. The lowest BCUT2D eigenvalue weighted by Gasteiger charge is -2.22. The van der Waals surface area contributed by atoms with Crippen molar-refractivity contribution in [1.82, 2.24) is 0 Å². The number of phenols is 4. The molecule has 9 heteroatoms. The van der Waals surface area contributed by atoms with Gasteiger partial charge in [0.1, 0.15) is 60.1 Å². The van der Waals surface area contributed by atoms with Gasteiger partial charge in [0.15, 0.2) is 6.29 Å². The zero-order valence-corrected chi connectivity index (χ0v) is 70.0. The first-order chi connectivity index (χ1) is 57.1. The third-order valence-corrected chi connectivity index (χ3v) is 24.5. The van der Waals surface area contributed by atoms with Gasteiger partial charge in [0, 0.05) is 12.8 Å². The van der Waals surface area contributed by atoms with E-state index in [9.17, 15) is 20.4 Å². The van der Waals surface area contributed by atoms with Crippen molar-refractivity contribution in [3.05, 3.63) is 341 Å². The summed E-state index contributed by atoms with van der Waals surface area (Å²) in [6.45, 7) is 21.0. The Bertz CT molecular complexity index is 5120. The van der Waals surface area contributed by atoms with Crippen molar-refractivity contribution in [2.24, 2.45) is 0 Å². The maximum absolute atomic E-state index is 11.2. The second kappa shape index (κ2) is 43.3. The third-order valence-electron chi connectivity index (χ3n) is 24.5. The van der Waals surface area contributed by atoms with E-state index in [4.69, 9.17) is 23.7 Å². The van der Waals surface area contributed by atoms with Gasteiger partial charge in [-0.3, -0.25) is 0 Å². The van der Waals surface area contributed by atoms with Gasteiger partial charge < -0.3 is 44.1 Å². The van der Waals surface area contributed by atoms with Gasteiger partial charge in [-0.2, -0.15) is 0 Å². The second-order valence-electron chi connectivity index (χ2n) is 32.3. The van der Waals surface area contributed by atoms with Crippen molar-refractivity contribution in [2.45, 2.75) is 205 Å². The standard InChI is InChI=1S/C59H68O5.C49H54O4/c1-6-41(3)45-24-33-55(34-25-45)64-43(5)62-36-37-63-54-31-26-48(27-32-54)46(19-13-17-44(7-2)47-22-29-53(60)30-23-47)18-12-14-42(4)49-28-35-59(61)52(38-49)40-58-56-20-10-8-15-50(56)39-51-16-9-11-21-57(51)58;1-4-36(38-20-25-44(50)26-21-38)15-11-17-37(39-22-27-45(28-23-39)53-31-30-52-5-2)16-10-12-35(3)40-24-29-49(51)43(32-40)34-48-46-18-8-6-13-41(46)33-42-14-7-9-19-47(42)48/h8-11,15-16,20-35,38-39,41-44,46,60-61H,6-7,12-14,17-19,36-37,40H2,1-5H3;5-9,13-14,18-29,32-33,35-37,50-51H,2,4,10-12,15-17,30-31,34H2,1,3H3. The lowest BCUT2D eigenvalue weighted by Crippen LogP contribution is -2.19. The van der Waals surface area contributed by atoms with Crippen LogP contribution in [0.2, 0.25) is 0 Å². The summed E-state index contributed by atoms with van der Waals surface area (Å²) < 4.78 is 29.1. The molecule has 0 spiro atoms. The Morgan fingerprint density at radius 2 is 0.650 bits per heavy atom. The summed E-state index contributed by atoms with van der Waals surface area (Å²) in [5.41, 5.74) is 13.7. The highest BCUT2D eigenvalue weighted by Gasteiger charge is 2.22. The Balaban J connectivity index is 0.000000219. The van der Waals surface area contributed by atoms with Crippen molar-refractivity contribution >= 4 is 43.1 Å². The molecule has 0 aliphatic rings. The lowest BCUT2D eigenvalue weighted by molar-refractivity contribution is -0.0739. The van der Waals surface area contributed by atoms with Crippen molar-refractivity contribution in [3.63, 3.8) is 0 Å². The molecule has 0 fully saturated rings. The first-order valence-electron chi connectivity index (χ1n) is 43.2. The highest BCUT2D eigenvalue weighted by atomic mass is 16.7. The monoisotopic (exact) mass is 1560 g/mol. The second-order valence-corrected chi connectivity index (χ2v) is 32.3. The fraction of sp³-hybridized carbons (Fsp3) is 0.333. The van der Waals surface area contributed by atoms with E-state index in [1.165, 1.54) is 99.4 Å². The number of hydrogen-bond donors (Lipinski definition) is 4. The van der Waals surface area contributed by atoms with Crippen LogP contribution in [0.5, 0.6) is 40.2 Å². The largest absolute Gasteiger partial charge is 0.508 e. The highest BCUT2D eigenvalue weighted by molar-refractivity contribution is 6.03. The topological polar surface area (TPSA) is 127 Å². The summed E-state index contributed by atoms with van der Waals surface area (Å²) >= 11 is 0. The number of fused-ring (bicyclic) bond motifs is 4. The minimum Gasteiger partial charge on any atom is -0.508 e. The number of aromatic hydroxyl groups is 4. The number of phenolic OH excluding ortho intramolecular Hbond substituents is 4. The molecule has 0 radical (unpaired) electrons. The highest BCUT2D eigenvalue weighted by Crippen LogP contribution is 2.41. The summed E-state index contributed by atoms with van der Waals surface area (Å²) in [6.07, 6.45) is 19.0. The van der Waals surface area contributed by atoms with E-state index < -0.39 is 0 Å². The third kappa shape index (κ3) is 23.9. The molecule has 0 aromatic heterocycles. The fourth-order valence-electron chi connectivity index (χ4n) is 17.3. The molecule has 8 unspecified atom stereocenters. The Morgan fingerprint density at radius 1 is 0.316 bits per heavy atom. The maximum atomic E-state index is 11.2. The van der Waals surface area contributed by atoms with E-state index in [1.54, 1.807) is 12.1 Å². The molecule has 8 atom stereocenters. The SMILES string of the molecule is C=COCCOc1ccc(C(CCCC(C)c2ccc(O)c(Cc3c4ccccc4cc4ccccc34)c2)CCCC(CC)c2ccc(O)cc2)cc1.CCC(C)c1ccc(OC(C)OCCOc2ccc(C(CCCC(C)c3ccc(O)c(Cc4c5ccccc5cc5ccccc45)c3)CCCC(CC)c3ccc(O)cc3)cc2)cc1. The Hall–Kier alpha value is -11.0. The molecule has 13 rings (SSSR count). The van der Waals surface area contributed by atoms with E-state index in [0.29, 0.717) is 104 Å². The molecular formula is C108H122O9. The normalized spacial score (nSPS) is 13.6. The minimum absolute atomic E-state index is 0.317. The fourth-order valence-corrected chi connectivity index (χ4v) is 17.3. The van der Waals surface area contributed by atoms with Gasteiger partial charge in [-0.1, -0.05) is 256 Å². The van der Waals surface area contributed by atoms with Crippen LogP contribution in [0.1, 0.15) is 247 Å². The van der Waals surface area contributed by atoms with Crippen molar-refractivity contribution < 1.29 is 44.1 Å². The van der Waals surface area contributed by atoms with Gasteiger partial charge >= 0.3 is 0 Å². The van der Waals surface area contributed by atoms with Gasteiger partial charge in [0.2, 0.25) is 0 Å². The van der Waals surface area contributed by atoms with Crippen LogP contribution < -0.4 is 14.2 Å². The molecular weight excluding hydrogens is 1440 g/mol. The number of rotatable bonds is 42. The first kappa shape index (κ1) is 85.4. The van der Waals surface area contributed by atoms with Crippen LogP contribution in [0.15, 0.2) is 280 Å². The molecule has 9 nitrogen and oxygen atoms in total. The van der Waals surface area contributed by atoms with Gasteiger partial charge in [-0.25, -0.2) is 0 Å². The Labute approximate surface area is 696 Å². The molecule has 0 amide bonds. The first-order valence-corrected chi connectivity index (χ1v) is 43.2. The molecule has 4 N–H and O–H groups in total. The minimum atomic E-state index is -0.378. The van der Waals surface area contributed by atoms with Gasteiger partial charge in [0.25, 0.3) is 0 Å². The Kier molecular flexibility index (Phi) is 31.6. The molecule has 0 heterocycles. The van der Waals surface area contributed by atoms with Crippen LogP contribution in [0.3, 0.4) is 0 Å². The van der Waals surface area contributed by atoms with E-state index in [0.717, 1.165) is 125 Å². The van der Waals surface area contributed by atoms with Gasteiger partial charge in [-0.15, -0.1) is 0 Å². The lowest BCUT2D eigenvalue weighted by atomic mass is 9.84. The predicted molar refractivity (Wildman–Crippen MR) is 486 cm³/mol. The van der Waals surface area contributed by atoms with E-state index >= 15 is 0 Å². The van der Waals surface area contributed by atoms with Crippen LogP contribution >= 0.6 is 0 Å². The molecule has 13 aromatic rings. The molecule has 13 aromatic carbocycles. The average molecular weight is 1560 g/mol. The smallest absolute Gasteiger partial charge is 0.197 e. The average Bonchev–Trinajstić information content (AvgIpc) is 0.774. The number of ether oxygens (including phenoxy) is 5. The molecule has 0 aliphatic carbocycles. The molecule has 608 valence electrons.